The van der Waals surface area contributed by atoms with Crippen molar-refractivity contribution in [2.45, 2.75) is 30.1 Å². The fraction of sp³-hybridized carbons (Fsp3) is 0.233. The quantitative estimate of drug-likeness (QED) is 0.252. The summed E-state index contributed by atoms with van der Waals surface area (Å²) in [5.74, 6) is -0.159. The minimum absolute atomic E-state index is 0.156. The maximum absolute atomic E-state index is 13.6. The fourth-order valence-corrected chi connectivity index (χ4v) is 6.12. The van der Waals surface area contributed by atoms with Gasteiger partial charge < -0.3 is 5.32 Å². The number of carbonyl (C=O) groups is 1. The van der Waals surface area contributed by atoms with Crippen LogP contribution in [-0.2, 0) is 21.2 Å². The second kappa shape index (κ2) is 11.8. The van der Waals surface area contributed by atoms with Gasteiger partial charge in [-0.2, -0.15) is 0 Å². The molecule has 1 amide bonds. The number of carbonyl (C=O) groups excluding carboxylic acids is 1. The zero-order valence-electron chi connectivity index (χ0n) is 21.3. The van der Waals surface area contributed by atoms with Crippen molar-refractivity contribution in [2.75, 3.05) is 23.7 Å². The molecular formula is C30H32N2O3S2. The lowest BCUT2D eigenvalue weighted by Gasteiger charge is -2.25. The molecule has 0 saturated carbocycles. The Hall–Kier alpha value is -3.29. The first kappa shape index (κ1) is 26.8. The molecule has 0 bridgehead atoms. The van der Waals surface area contributed by atoms with Gasteiger partial charge in [0.25, 0.3) is 10.0 Å². The molecule has 4 rings (SSSR count). The Morgan fingerprint density at radius 1 is 0.919 bits per heavy atom. The predicted molar refractivity (Wildman–Crippen MR) is 154 cm³/mol. The molecule has 192 valence electrons. The number of hydrogen-bond acceptors (Lipinski definition) is 4. The SMILES string of the molecule is CSc1ccc(S(=O)(=O)N(CC(=O)NCC(C)Cc2cccc3ccccc23)c2ccc(C)cc2)cc1. The molecule has 1 unspecified atom stereocenters. The van der Waals surface area contributed by atoms with E-state index >= 15 is 0 Å². The second-order valence-corrected chi connectivity index (χ2v) is 12.0. The monoisotopic (exact) mass is 532 g/mol. The van der Waals surface area contributed by atoms with Crippen molar-refractivity contribution < 1.29 is 13.2 Å². The van der Waals surface area contributed by atoms with Gasteiger partial charge in [0, 0.05) is 11.4 Å². The van der Waals surface area contributed by atoms with Gasteiger partial charge in [-0.3, -0.25) is 9.10 Å². The van der Waals surface area contributed by atoms with E-state index in [4.69, 9.17) is 0 Å². The molecule has 4 aromatic rings. The molecule has 0 heterocycles. The largest absolute Gasteiger partial charge is 0.354 e. The summed E-state index contributed by atoms with van der Waals surface area (Å²) < 4.78 is 28.4. The van der Waals surface area contributed by atoms with E-state index in [2.05, 4.69) is 42.6 Å². The van der Waals surface area contributed by atoms with E-state index in [0.29, 0.717) is 12.2 Å². The summed E-state index contributed by atoms with van der Waals surface area (Å²) in [6, 6.07) is 28.4. The highest BCUT2D eigenvalue weighted by Crippen LogP contribution is 2.26. The molecule has 37 heavy (non-hydrogen) atoms. The molecule has 0 spiro atoms. The van der Waals surface area contributed by atoms with Crippen LogP contribution in [0.15, 0.2) is 101 Å². The summed E-state index contributed by atoms with van der Waals surface area (Å²) in [4.78, 5) is 14.1. The van der Waals surface area contributed by atoms with Gasteiger partial charge >= 0.3 is 0 Å². The molecule has 0 radical (unpaired) electrons. The van der Waals surface area contributed by atoms with Crippen LogP contribution in [0.25, 0.3) is 10.8 Å². The van der Waals surface area contributed by atoms with Crippen LogP contribution in [0, 0.1) is 12.8 Å². The van der Waals surface area contributed by atoms with Crippen LogP contribution >= 0.6 is 11.8 Å². The first-order valence-corrected chi connectivity index (χ1v) is 14.9. The van der Waals surface area contributed by atoms with Crippen molar-refractivity contribution in [2.24, 2.45) is 5.92 Å². The van der Waals surface area contributed by atoms with Crippen molar-refractivity contribution in [3.63, 3.8) is 0 Å². The Bertz CT molecular complexity index is 1460. The predicted octanol–water partition coefficient (Wildman–Crippen LogP) is 6.06. The molecular weight excluding hydrogens is 500 g/mol. The average Bonchev–Trinajstić information content (AvgIpc) is 2.91. The lowest BCUT2D eigenvalue weighted by atomic mass is 9.96. The normalized spacial score (nSPS) is 12.3. The summed E-state index contributed by atoms with van der Waals surface area (Å²) in [6.07, 6.45) is 2.75. The van der Waals surface area contributed by atoms with Crippen LogP contribution in [0.5, 0.6) is 0 Å². The molecule has 0 aliphatic heterocycles. The summed E-state index contributed by atoms with van der Waals surface area (Å²) in [5, 5.41) is 5.37. The van der Waals surface area contributed by atoms with E-state index in [1.165, 1.54) is 20.6 Å². The van der Waals surface area contributed by atoms with Crippen LogP contribution in [0.1, 0.15) is 18.1 Å². The molecule has 0 aromatic heterocycles. The number of fused-ring (bicyclic) bond motifs is 1. The highest BCUT2D eigenvalue weighted by molar-refractivity contribution is 7.98. The van der Waals surface area contributed by atoms with Crippen LogP contribution < -0.4 is 9.62 Å². The third kappa shape index (κ3) is 6.53. The first-order chi connectivity index (χ1) is 17.8. The smallest absolute Gasteiger partial charge is 0.264 e. The van der Waals surface area contributed by atoms with Crippen LogP contribution in [-0.4, -0.2) is 33.7 Å². The van der Waals surface area contributed by atoms with Crippen LogP contribution in [0.3, 0.4) is 0 Å². The van der Waals surface area contributed by atoms with Gasteiger partial charge in [-0.25, -0.2) is 8.42 Å². The minimum Gasteiger partial charge on any atom is -0.354 e. The van der Waals surface area contributed by atoms with Gasteiger partial charge in [0.05, 0.1) is 10.6 Å². The number of aryl methyl sites for hydroxylation is 1. The van der Waals surface area contributed by atoms with Crippen LogP contribution in [0.2, 0.25) is 0 Å². The minimum atomic E-state index is -3.94. The number of nitrogens with zero attached hydrogens (tertiary/aromatic N) is 1. The molecule has 0 aliphatic carbocycles. The standard InChI is InChI=1S/C30H32N2O3S2/c1-22-11-13-26(14-12-22)32(37(34,35)28-17-15-27(36-3)16-18-28)21-30(33)31-20-23(2)19-25-9-6-8-24-7-4-5-10-29(24)25/h4-18,23H,19-21H2,1-3H3,(H,31,33). The maximum Gasteiger partial charge on any atom is 0.264 e. The number of hydrogen-bond donors (Lipinski definition) is 1. The first-order valence-electron chi connectivity index (χ1n) is 12.2. The lowest BCUT2D eigenvalue weighted by Crippen LogP contribution is -2.42. The zero-order valence-corrected chi connectivity index (χ0v) is 23.0. The van der Waals surface area contributed by atoms with Crippen LogP contribution in [0.4, 0.5) is 5.69 Å². The number of thioether (sulfide) groups is 1. The number of nitrogens with one attached hydrogen (secondary N) is 1. The van der Waals surface area contributed by atoms with E-state index < -0.39 is 10.0 Å². The Morgan fingerprint density at radius 3 is 2.30 bits per heavy atom. The number of benzene rings is 4. The number of rotatable bonds is 10. The molecule has 0 aliphatic rings. The zero-order chi connectivity index (χ0) is 26.4. The molecule has 0 fully saturated rings. The maximum atomic E-state index is 13.6. The topological polar surface area (TPSA) is 66.5 Å². The molecule has 7 heteroatoms. The second-order valence-electron chi connectivity index (χ2n) is 9.27. The number of anilines is 1. The Labute approximate surface area is 224 Å². The van der Waals surface area contributed by atoms with Crippen molar-refractivity contribution >= 4 is 44.2 Å². The third-order valence-electron chi connectivity index (χ3n) is 6.35. The highest BCUT2D eigenvalue weighted by Gasteiger charge is 2.27. The van der Waals surface area contributed by atoms with Crippen molar-refractivity contribution in [1.82, 2.24) is 5.32 Å². The molecule has 1 atom stereocenters. The number of sulfonamides is 1. The van der Waals surface area contributed by atoms with Gasteiger partial charge in [-0.05, 0) is 78.3 Å². The van der Waals surface area contributed by atoms with Crippen molar-refractivity contribution in [3.8, 4) is 0 Å². The third-order valence-corrected chi connectivity index (χ3v) is 8.88. The molecule has 0 saturated heterocycles. The van der Waals surface area contributed by atoms with E-state index in [0.717, 1.165) is 16.9 Å². The summed E-state index contributed by atoms with van der Waals surface area (Å²) in [7, 11) is -3.94. The van der Waals surface area contributed by atoms with Crippen molar-refractivity contribution in [1.29, 1.82) is 0 Å². The summed E-state index contributed by atoms with van der Waals surface area (Å²) in [6.45, 7) is 4.18. The van der Waals surface area contributed by atoms with Crippen molar-refractivity contribution in [3.05, 3.63) is 102 Å². The molecule has 4 aromatic carbocycles. The van der Waals surface area contributed by atoms with Gasteiger partial charge in [-0.15, -0.1) is 11.8 Å². The molecule has 1 N–H and O–H groups in total. The fourth-order valence-electron chi connectivity index (χ4n) is 4.29. The Balaban J connectivity index is 1.48. The van der Waals surface area contributed by atoms with Gasteiger partial charge in [0.2, 0.25) is 5.91 Å². The van der Waals surface area contributed by atoms with Gasteiger partial charge in [0.15, 0.2) is 0 Å². The van der Waals surface area contributed by atoms with Gasteiger partial charge in [-0.1, -0.05) is 67.1 Å². The van der Waals surface area contributed by atoms with E-state index in [1.807, 2.05) is 37.4 Å². The summed E-state index contributed by atoms with van der Waals surface area (Å²) >= 11 is 1.54. The average molecular weight is 533 g/mol. The highest BCUT2D eigenvalue weighted by atomic mass is 32.2. The van der Waals surface area contributed by atoms with E-state index in [-0.39, 0.29) is 23.3 Å². The van der Waals surface area contributed by atoms with E-state index in [9.17, 15) is 13.2 Å². The van der Waals surface area contributed by atoms with E-state index in [1.54, 1.807) is 48.2 Å². The Kier molecular flexibility index (Phi) is 8.56. The Morgan fingerprint density at radius 2 is 1.59 bits per heavy atom. The molecule has 5 nitrogen and oxygen atoms in total. The summed E-state index contributed by atoms with van der Waals surface area (Å²) in [5.41, 5.74) is 2.70. The van der Waals surface area contributed by atoms with Gasteiger partial charge in [0.1, 0.15) is 6.54 Å². The lowest BCUT2D eigenvalue weighted by molar-refractivity contribution is -0.119. The number of amides is 1.